The van der Waals surface area contributed by atoms with Gasteiger partial charge in [0.25, 0.3) is 0 Å². The number of rotatable bonds is 3. The Balaban J connectivity index is 2.05. The molecule has 1 aliphatic heterocycles. The van der Waals surface area contributed by atoms with Crippen LogP contribution >= 0.6 is 0 Å². The maximum Gasteiger partial charge on any atom is 0.495 e. The molecule has 0 amide bonds. The molecule has 1 aromatic rings. The molecule has 0 unspecified atom stereocenters. The van der Waals surface area contributed by atoms with Gasteiger partial charge in [0.2, 0.25) is 0 Å². The van der Waals surface area contributed by atoms with Crippen molar-refractivity contribution < 1.29 is 9.31 Å². The van der Waals surface area contributed by atoms with Gasteiger partial charge >= 0.3 is 7.12 Å². The topological polar surface area (TPSA) is 18.5 Å². The summed E-state index contributed by atoms with van der Waals surface area (Å²) in [5.41, 5.74) is 3.57. The first-order chi connectivity index (χ1) is 9.73. The van der Waals surface area contributed by atoms with Crippen molar-refractivity contribution in [2.24, 2.45) is 0 Å². The van der Waals surface area contributed by atoms with Crippen LogP contribution in [0.15, 0.2) is 18.2 Å². The molecule has 0 radical (unpaired) electrons. The van der Waals surface area contributed by atoms with E-state index >= 15 is 0 Å². The number of hydrogen-bond acceptors (Lipinski definition) is 2. The Labute approximate surface area is 129 Å². The van der Waals surface area contributed by atoms with Gasteiger partial charge in [-0.05, 0) is 69.0 Å². The van der Waals surface area contributed by atoms with Crippen LogP contribution in [0.25, 0.3) is 0 Å². The molecule has 2 fully saturated rings. The zero-order chi connectivity index (χ0) is 15.4. The van der Waals surface area contributed by atoms with Crippen molar-refractivity contribution in [3.05, 3.63) is 29.3 Å². The molecular weight excluding hydrogens is 259 g/mol. The molecule has 21 heavy (non-hydrogen) atoms. The van der Waals surface area contributed by atoms with Crippen molar-refractivity contribution in [1.82, 2.24) is 0 Å². The molecule has 114 valence electrons. The van der Waals surface area contributed by atoms with E-state index in [1.165, 1.54) is 29.4 Å². The Bertz CT molecular complexity index is 508. The van der Waals surface area contributed by atoms with E-state index in [1.807, 2.05) is 0 Å². The Morgan fingerprint density at radius 1 is 1.05 bits per heavy atom. The normalized spacial score (nSPS) is 23.9. The van der Waals surface area contributed by atoms with Crippen molar-refractivity contribution in [2.75, 3.05) is 0 Å². The summed E-state index contributed by atoms with van der Waals surface area (Å²) in [6, 6.07) is 6.69. The van der Waals surface area contributed by atoms with E-state index in [4.69, 9.17) is 9.31 Å². The second-order valence-electron chi connectivity index (χ2n) is 7.87. The lowest BCUT2D eigenvalue weighted by atomic mass is 9.70. The fraction of sp³-hybridized carbons (Fsp3) is 0.667. The van der Waals surface area contributed by atoms with Gasteiger partial charge in [0.1, 0.15) is 0 Å². The fourth-order valence-electron chi connectivity index (χ4n) is 3.09. The highest BCUT2D eigenvalue weighted by atomic mass is 16.7. The van der Waals surface area contributed by atoms with Gasteiger partial charge in [-0.2, -0.15) is 0 Å². The first kappa shape index (κ1) is 15.1. The summed E-state index contributed by atoms with van der Waals surface area (Å²) in [5, 5.41) is 0. The molecule has 0 N–H and O–H groups in total. The lowest BCUT2D eigenvalue weighted by Gasteiger charge is -2.32. The number of benzene rings is 1. The first-order valence-electron chi connectivity index (χ1n) is 8.21. The summed E-state index contributed by atoms with van der Waals surface area (Å²) in [5.74, 6) is 1.19. The van der Waals surface area contributed by atoms with Gasteiger partial charge in [0.05, 0.1) is 11.2 Å². The van der Waals surface area contributed by atoms with Crippen LogP contribution in [0.3, 0.4) is 0 Å². The number of hydrogen-bond donors (Lipinski definition) is 0. The molecule has 1 saturated carbocycles. The molecule has 1 aliphatic carbocycles. The Kier molecular flexibility index (Phi) is 3.49. The molecule has 0 aromatic heterocycles. The van der Waals surface area contributed by atoms with Crippen LogP contribution in [-0.2, 0) is 9.31 Å². The molecule has 3 heteroatoms. The molecule has 1 heterocycles. The molecule has 2 aliphatic rings. The van der Waals surface area contributed by atoms with E-state index in [2.05, 4.69) is 59.7 Å². The summed E-state index contributed by atoms with van der Waals surface area (Å²) < 4.78 is 12.7. The summed E-state index contributed by atoms with van der Waals surface area (Å²) in [6.45, 7) is 13.0. The third kappa shape index (κ3) is 2.55. The lowest BCUT2D eigenvalue weighted by molar-refractivity contribution is 0.00578. The standard InChI is InChI=1S/C18H27BO2/c1-12(2)14-8-7-9-15(13-10-11-13)16(14)19-20-17(3,4)18(5,6)21-19/h7-9,12-13H,10-11H2,1-6H3. The Hall–Kier alpha value is -0.795. The molecular formula is C18H27BO2. The highest BCUT2D eigenvalue weighted by Crippen LogP contribution is 2.42. The predicted octanol–water partition coefficient (Wildman–Crippen LogP) is 3.99. The van der Waals surface area contributed by atoms with Crippen molar-refractivity contribution in [3.63, 3.8) is 0 Å². The molecule has 3 rings (SSSR count). The van der Waals surface area contributed by atoms with Crippen molar-refractivity contribution in [3.8, 4) is 0 Å². The second-order valence-corrected chi connectivity index (χ2v) is 7.87. The monoisotopic (exact) mass is 286 g/mol. The highest BCUT2D eigenvalue weighted by Gasteiger charge is 2.53. The first-order valence-corrected chi connectivity index (χ1v) is 8.21. The fourth-order valence-corrected chi connectivity index (χ4v) is 3.09. The summed E-state index contributed by atoms with van der Waals surface area (Å²) in [4.78, 5) is 0. The summed E-state index contributed by atoms with van der Waals surface area (Å²) in [6.07, 6.45) is 2.60. The zero-order valence-electron chi connectivity index (χ0n) is 14.2. The lowest BCUT2D eigenvalue weighted by Crippen LogP contribution is -2.41. The molecule has 2 nitrogen and oxygen atoms in total. The Morgan fingerprint density at radius 2 is 1.62 bits per heavy atom. The maximum absolute atomic E-state index is 6.34. The van der Waals surface area contributed by atoms with Gasteiger partial charge < -0.3 is 9.31 Å². The van der Waals surface area contributed by atoms with E-state index in [9.17, 15) is 0 Å². The van der Waals surface area contributed by atoms with Gasteiger partial charge in [0.15, 0.2) is 0 Å². The van der Waals surface area contributed by atoms with Crippen LogP contribution in [0.2, 0.25) is 0 Å². The zero-order valence-corrected chi connectivity index (χ0v) is 14.2. The van der Waals surface area contributed by atoms with Crippen molar-refractivity contribution in [1.29, 1.82) is 0 Å². The van der Waals surface area contributed by atoms with Gasteiger partial charge in [-0.25, -0.2) is 0 Å². The van der Waals surface area contributed by atoms with Crippen LogP contribution in [0.4, 0.5) is 0 Å². The molecule has 1 saturated heterocycles. The summed E-state index contributed by atoms with van der Waals surface area (Å²) in [7, 11) is -0.232. The van der Waals surface area contributed by atoms with E-state index < -0.39 is 0 Å². The van der Waals surface area contributed by atoms with Crippen LogP contribution < -0.4 is 5.46 Å². The summed E-state index contributed by atoms with van der Waals surface area (Å²) >= 11 is 0. The second kappa shape index (κ2) is 4.86. The highest BCUT2D eigenvalue weighted by molar-refractivity contribution is 6.63. The predicted molar refractivity (Wildman–Crippen MR) is 88.2 cm³/mol. The molecule has 1 aromatic carbocycles. The minimum Gasteiger partial charge on any atom is -0.399 e. The average molecular weight is 286 g/mol. The quantitative estimate of drug-likeness (QED) is 0.782. The van der Waals surface area contributed by atoms with Crippen LogP contribution in [-0.4, -0.2) is 18.3 Å². The van der Waals surface area contributed by atoms with Crippen molar-refractivity contribution >= 4 is 12.6 Å². The molecule has 0 atom stereocenters. The van der Waals surface area contributed by atoms with E-state index in [0.29, 0.717) is 11.8 Å². The third-order valence-corrected chi connectivity index (χ3v) is 5.30. The maximum atomic E-state index is 6.34. The minimum atomic E-state index is -0.275. The largest absolute Gasteiger partial charge is 0.495 e. The van der Waals surface area contributed by atoms with E-state index in [-0.39, 0.29) is 18.3 Å². The minimum absolute atomic E-state index is 0.232. The van der Waals surface area contributed by atoms with Gasteiger partial charge in [-0.1, -0.05) is 32.0 Å². The van der Waals surface area contributed by atoms with Crippen LogP contribution in [0, 0.1) is 0 Å². The van der Waals surface area contributed by atoms with Gasteiger partial charge in [-0.15, -0.1) is 0 Å². The van der Waals surface area contributed by atoms with Gasteiger partial charge in [-0.3, -0.25) is 0 Å². The smallest absolute Gasteiger partial charge is 0.399 e. The van der Waals surface area contributed by atoms with Crippen molar-refractivity contribution in [2.45, 2.75) is 77.4 Å². The molecule has 0 spiro atoms. The molecule has 0 bridgehead atoms. The SMILES string of the molecule is CC(C)c1cccc(C2CC2)c1B1OC(C)(C)C(C)(C)O1. The van der Waals surface area contributed by atoms with E-state index in [1.54, 1.807) is 0 Å². The van der Waals surface area contributed by atoms with Crippen LogP contribution in [0.1, 0.15) is 77.3 Å². The van der Waals surface area contributed by atoms with Crippen LogP contribution in [0.5, 0.6) is 0 Å². The van der Waals surface area contributed by atoms with Gasteiger partial charge in [0, 0.05) is 0 Å². The van der Waals surface area contributed by atoms with E-state index in [0.717, 1.165) is 0 Å². The Morgan fingerprint density at radius 3 is 2.10 bits per heavy atom. The third-order valence-electron chi connectivity index (χ3n) is 5.30. The average Bonchev–Trinajstić information content (AvgIpc) is 3.17.